The molecule has 1 unspecified atom stereocenters. The summed E-state index contributed by atoms with van der Waals surface area (Å²) >= 11 is 0. The molecule has 0 radical (unpaired) electrons. The zero-order valence-corrected chi connectivity index (χ0v) is 3.83. The molecule has 1 rings (SSSR count). The van der Waals surface area contributed by atoms with Crippen molar-refractivity contribution in [2.24, 2.45) is 10.8 Å². The number of hydrogen-bond acceptors (Lipinski definition) is 3. The Morgan fingerprint density at radius 1 is 1.71 bits per heavy atom. The molecular weight excluding hydrogens is 90.1 g/mol. The smallest absolute Gasteiger partial charge is 0.110 e. The van der Waals surface area contributed by atoms with Crippen molar-refractivity contribution in [3.8, 4) is 0 Å². The molecule has 3 N–H and O–H groups in total. The minimum atomic E-state index is -0.0926. The van der Waals surface area contributed by atoms with E-state index in [1.807, 2.05) is 6.08 Å². The lowest BCUT2D eigenvalue weighted by Gasteiger charge is -2.06. The average Bonchev–Trinajstić information content (AvgIpc) is 1.69. The monoisotopic (exact) mass is 97.1 g/mol. The fourth-order valence-electron chi connectivity index (χ4n) is 0.385. The van der Waals surface area contributed by atoms with Crippen LogP contribution in [-0.2, 0) is 0 Å². The Labute approximate surface area is 41.9 Å². The molecule has 0 saturated heterocycles. The van der Waals surface area contributed by atoms with Gasteiger partial charge >= 0.3 is 0 Å². The van der Waals surface area contributed by atoms with Crippen LogP contribution in [0.2, 0.25) is 0 Å². The number of nitrogens with one attached hydrogen (secondary N) is 1. The standard InChI is InChI=1S/C4H7N3/c5-4-2-1-3-6-7-4/h1-4,7H,5H2. The number of allylic oxidation sites excluding steroid dienone is 1. The highest BCUT2D eigenvalue weighted by atomic mass is 15.3. The van der Waals surface area contributed by atoms with Crippen LogP contribution in [0.1, 0.15) is 0 Å². The Morgan fingerprint density at radius 3 is 2.86 bits per heavy atom. The third-order valence-electron chi connectivity index (χ3n) is 0.703. The van der Waals surface area contributed by atoms with Crippen LogP contribution in [0, 0.1) is 0 Å². The van der Waals surface area contributed by atoms with E-state index in [0.29, 0.717) is 0 Å². The second kappa shape index (κ2) is 1.75. The molecule has 0 bridgehead atoms. The van der Waals surface area contributed by atoms with Gasteiger partial charge in [0.25, 0.3) is 0 Å². The molecule has 0 amide bonds. The lowest BCUT2D eigenvalue weighted by atomic mass is 10.4. The quantitative estimate of drug-likeness (QED) is 0.424. The molecule has 7 heavy (non-hydrogen) atoms. The lowest BCUT2D eigenvalue weighted by Crippen LogP contribution is -2.32. The molecule has 38 valence electrons. The van der Waals surface area contributed by atoms with Crippen LogP contribution in [0.15, 0.2) is 17.3 Å². The zero-order chi connectivity index (χ0) is 5.11. The molecule has 1 aliphatic heterocycles. The van der Waals surface area contributed by atoms with Gasteiger partial charge in [-0.1, -0.05) is 0 Å². The molecule has 3 heteroatoms. The maximum absolute atomic E-state index is 5.32. The third-order valence-corrected chi connectivity index (χ3v) is 0.703. The van der Waals surface area contributed by atoms with Crippen molar-refractivity contribution in [1.82, 2.24) is 5.43 Å². The molecule has 0 aromatic carbocycles. The predicted molar refractivity (Wildman–Crippen MR) is 28.7 cm³/mol. The topological polar surface area (TPSA) is 50.4 Å². The van der Waals surface area contributed by atoms with Crippen LogP contribution in [0.4, 0.5) is 0 Å². The first-order chi connectivity index (χ1) is 3.39. The number of hydrogen-bond donors (Lipinski definition) is 2. The van der Waals surface area contributed by atoms with Gasteiger partial charge in [0.2, 0.25) is 0 Å². The highest BCUT2D eigenvalue weighted by Crippen LogP contribution is 1.79. The first-order valence-corrected chi connectivity index (χ1v) is 2.10. The minimum absolute atomic E-state index is 0.0926. The summed E-state index contributed by atoms with van der Waals surface area (Å²) in [5.41, 5.74) is 7.97. The highest BCUT2D eigenvalue weighted by molar-refractivity contribution is 5.71. The van der Waals surface area contributed by atoms with E-state index in [1.165, 1.54) is 0 Å². The maximum Gasteiger partial charge on any atom is 0.110 e. The van der Waals surface area contributed by atoms with E-state index in [2.05, 4.69) is 10.5 Å². The number of rotatable bonds is 0. The van der Waals surface area contributed by atoms with Gasteiger partial charge in [-0.15, -0.1) is 0 Å². The van der Waals surface area contributed by atoms with Crippen LogP contribution < -0.4 is 11.2 Å². The Morgan fingerprint density at radius 2 is 2.57 bits per heavy atom. The van der Waals surface area contributed by atoms with Crippen molar-refractivity contribution in [3.05, 3.63) is 12.2 Å². The maximum atomic E-state index is 5.32. The summed E-state index contributed by atoms with van der Waals surface area (Å²) in [6.45, 7) is 0. The largest absolute Gasteiger partial charge is 0.307 e. The van der Waals surface area contributed by atoms with Crippen molar-refractivity contribution in [2.45, 2.75) is 6.17 Å². The summed E-state index contributed by atoms with van der Waals surface area (Å²) in [7, 11) is 0. The van der Waals surface area contributed by atoms with Gasteiger partial charge in [-0.2, -0.15) is 5.10 Å². The fraction of sp³-hybridized carbons (Fsp3) is 0.250. The second-order valence-electron chi connectivity index (χ2n) is 1.32. The summed E-state index contributed by atoms with van der Waals surface area (Å²) in [5, 5.41) is 3.67. The highest BCUT2D eigenvalue weighted by Gasteiger charge is 1.91. The van der Waals surface area contributed by atoms with Gasteiger partial charge in [-0.25, -0.2) is 0 Å². The second-order valence-corrected chi connectivity index (χ2v) is 1.32. The minimum Gasteiger partial charge on any atom is -0.307 e. The Bertz CT molecular complexity index is 106. The number of nitrogens with two attached hydrogens (primary N) is 1. The number of hydrazone groups is 1. The van der Waals surface area contributed by atoms with Crippen molar-refractivity contribution in [2.75, 3.05) is 0 Å². The van der Waals surface area contributed by atoms with Gasteiger partial charge in [-0.05, 0) is 12.2 Å². The molecule has 0 aromatic rings. The Balaban J connectivity index is 2.49. The summed E-state index contributed by atoms with van der Waals surface area (Å²) in [4.78, 5) is 0. The molecule has 0 spiro atoms. The van der Waals surface area contributed by atoms with Gasteiger partial charge < -0.3 is 5.73 Å². The third kappa shape index (κ3) is 1.01. The van der Waals surface area contributed by atoms with Gasteiger partial charge in [0.05, 0.1) is 0 Å². The zero-order valence-electron chi connectivity index (χ0n) is 3.83. The van der Waals surface area contributed by atoms with E-state index >= 15 is 0 Å². The Kier molecular flexibility index (Phi) is 1.08. The molecule has 0 saturated carbocycles. The van der Waals surface area contributed by atoms with E-state index in [4.69, 9.17) is 5.73 Å². The summed E-state index contributed by atoms with van der Waals surface area (Å²) < 4.78 is 0. The van der Waals surface area contributed by atoms with E-state index < -0.39 is 0 Å². The molecule has 0 aromatic heterocycles. The average molecular weight is 97.1 g/mol. The fourth-order valence-corrected chi connectivity index (χ4v) is 0.385. The molecular formula is C4H7N3. The van der Waals surface area contributed by atoms with Gasteiger partial charge in [-0.3, -0.25) is 5.43 Å². The van der Waals surface area contributed by atoms with Crippen molar-refractivity contribution in [3.63, 3.8) is 0 Å². The predicted octanol–water partition coefficient (Wildman–Crippen LogP) is -0.584. The first-order valence-electron chi connectivity index (χ1n) is 2.10. The van der Waals surface area contributed by atoms with Crippen molar-refractivity contribution in [1.29, 1.82) is 0 Å². The van der Waals surface area contributed by atoms with Crippen molar-refractivity contribution >= 4 is 6.21 Å². The van der Waals surface area contributed by atoms with Crippen LogP contribution in [0.25, 0.3) is 0 Å². The van der Waals surface area contributed by atoms with Crippen LogP contribution >= 0.6 is 0 Å². The molecule has 1 aliphatic rings. The molecule has 1 atom stereocenters. The molecule has 0 aliphatic carbocycles. The van der Waals surface area contributed by atoms with E-state index in [1.54, 1.807) is 12.3 Å². The number of nitrogens with zero attached hydrogens (tertiary/aromatic N) is 1. The molecule has 3 nitrogen and oxygen atoms in total. The normalized spacial score (nSPS) is 27.3. The first kappa shape index (κ1) is 4.33. The Hall–Kier alpha value is -0.830. The van der Waals surface area contributed by atoms with Crippen LogP contribution in [-0.4, -0.2) is 12.4 Å². The van der Waals surface area contributed by atoms with Gasteiger partial charge in [0.1, 0.15) is 6.17 Å². The van der Waals surface area contributed by atoms with Crippen molar-refractivity contribution < 1.29 is 0 Å². The van der Waals surface area contributed by atoms with E-state index in [-0.39, 0.29) is 6.17 Å². The van der Waals surface area contributed by atoms with Crippen LogP contribution in [0.3, 0.4) is 0 Å². The van der Waals surface area contributed by atoms with Gasteiger partial charge in [0.15, 0.2) is 0 Å². The van der Waals surface area contributed by atoms with E-state index in [9.17, 15) is 0 Å². The van der Waals surface area contributed by atoms with E-state index in [0.717, 1.165) is 0 Å². The molecule has 0 fully saturated rings. The van der Waals surface area contributed by atoms with Gasteiger partial charge in [0, 0.05) is 6.21 Å². The SMILES string of the molecule is NC1C=CC=NN1. The summed E-state index contributed by atoms with van der Waals surface area (Å²) in [6, 6.07) is 0. The summed E-state index contributed by atoms with van der Waals surface area (Å²) in [6.07, 6.45) is 5.20. The lowest BCUT2D eigenvalue weighted by molar-refractivity contribution is 0.643. The van der Waals surface area contributed by atoms with Crippen LogP contribution in [0.5, 0.6) is 0 Å². The summed E-state index contributed by atoms with van der Waals surface area (Å²) in [5.74, 6) is 0. The molecule has 1 heterocycles.